The fourth-order valence-corrected chi connectivity index (χ4v) is 1.78. The summed E-state index contributed by atoms with van der Waals surface area (Å²) < 4.78 is 0. The zero-order valence-electron chi connectivity index (χ0n) is 14.8. The van der Waals surface area contributed by atoms with E-state index >= 15 is 0 Å². The van der Waals surface area contributed by atoms with Crippen LogP contribution in [-0.2, 0) is 6.42 Å². The smallest absolute Gasteiger partial charge is 0.0555 e. The van der Waals surface area contributed by atoms with E-state index < -0.39 is 0 Å². The fraction of sp³-hybridized carbons (Fsp3) is 0.421. The van der Waals surface area contributed by atoms with Crippen LogP contribution < -0.4 is 0 Å². The van der Waals surface area contributed by atoms with E-state index in [4.69, 9.17) is 0 Å². The van der Waals surface area contributed by atoms with Gasteiger partial charge in [0.15, 0.2) is 0 Å². The lowest BCUT2D eigenvalue weighted by atomic mass is 10.0. The molecule has 0 radical (unpaired) electrons. The van der Waals surface area contributed by atoms with Gasteiger partial charge in [0.05, 0.1) is 5.69 Å². The summed E-state index contributed by atoms with van der Waals surface area (Å²) in [6, 6.07) is 2.19. The maximum atomic E-state index is 4.37. The van der Waals surface area contributed by atoms with E-state index in [1.165, 1.54) is 16.8 Å². The number of fused-ring (bicyclic) bond motifs is 1. The minimum absolute atomic E-state index is 0.961. The highest BCUT2D eigenvalue weighted by Gasteiger charge is 2.04. The number of hydrogen-bond donors (Lipinski definition) is 0. The Balaban J connectivity index is 0.000000348. The van der Waals surface area contributed by atoms with Gasteiger partial charge in [-0.2, -0.15) is 0 Å². The number of nitrogens with zero attached hydrogens (tertiary/aromatic N) is 3. The van der Waals surface area contributed by atoms with Crippen LogP contribution >= 0.6 is 0 Å². The van der Waals surface area contributed by atoms with Gasteiger partial charge >= 0.3 is 0 Å². The summed E-state index contributed by atoms with van der Waals surface area (Å²) in [5.41, 5.74) is 4.76. The normalized spacial score (nSPS) is 10.6. The van der Waals surface area contributed by atoms with Crippen LogP contribution in [0, 0.1) is 13.8 Å². The average Bonchev–Trinajstić information content (AvgIpc) is 2.60. The Kier molecular flexibility index (Phi) is 11.5. The van der Waals surface area contributed by atoms with E-state index in [0.717, 1.165) is 18.5 Å². The van der Waals surface area contributed by atoms with Gasteiger partial charge in [-0.25, -0.2) is 0 Å². The van der Waals surface area contributed by atoms with Gasteiger partial charge in [0.25, 0.3) is 0 Å². The highest BCUT2D eigenvalue weighted by atomic mass is 14.7. The van der Waals surface area contributed by atoms with Crippen LogP contribution in [0.4, 0.5) is 0 Å². The van der Waals surface area contributed by atoms with Gasteiger partial charge < -0.3 is 0 Å². The van der Waals surface area contributed by atoms with E-state index in [2.05, 4.69) is 40.1 Å². The molecule has 22 heavy (non-hydrogen) atoms. The van der Waals surface area contributed by atoms with Crippen LogP contribution in [0.25, 0.3) is 6.08 Å². The quantitative estimate of drug-likeness (QED) is 0.672. The minimum Gasteiger partial charge on any atom is -0.261 e. The number of hydrogen-bond acceptors (Lipinski definition) is 3. The van der Waals surface area contributed by atoms with Crippen LogP contribution in [0.15, 0.2) is 36.9 Å². The van der Waals surface area contributed by atoms with Gasteiger partial charge in [0.2, 0.25) is 0 Å². The number of pyridine rings is 1. The molecule has 2 aromatic heterocycles. The van der Waals surface area contributed by atoms with Crippen LogP contribution in [0.5, 0.6) is 0 Å². The monoisotopic (exact) mass is 299 g/mol. The molecule has 0 N–H and O–H groups in total. The van der Waals surface area contributed by atoms with Crippen molar-refractivity contribution < 1.29 is 0 Å². The Morgan fingerprint density at radius 2 is 1.64 bits per heavy atom. The summed E-state index contributed by atoms with van der Waals surface area (Å²) in [4.78, 5) is 12.1. The molecule has 0 unspecified atom stereocenters. The fourth-order valence-electron chi connectivity index (χ4n) is 1.78. The van der Waals surface area contributed by atoms with Crippen molar-refractivity contribution in [2.24, 2.45) is 0 Å². The molecule has 3 nitrogen and oxygen atoms in total. The minimum atomic E-state index is 0.961. The van der Waals surface area contributed by atoms with Crippen LogP contribution in [0.3, 0.4) is 0 Å². The van der Waals surface area contributed by atoms with Crippen LogP contribution in [-0.4, -0.2) is 15.0 Å². The molecule has 0 bridgehead atoms. The first kappa shape index (κ1) is 20.0. The average molecular weight is 299 g/mol. The lowest BCUT2D eigenvalue weighted by molar-refractivity contribution is 0.923. The van der Waals surface area contributed by atoms with Crippen molar-refractivity contribution in [3.63, 3.8) is 0 Å². The number of allylic oxidation sites excluding steroid dienone is 1. The Morgan fingerprint density at radius 3 is 2.18 bits per heavy atom. The standard InChI is InChI=1S/C10H11N.C5H6N2.2C2H6/c1-8-6-9-4-2-3-5-10(9)11-7-8;1-5-4-6-2-3-7-5;2*1-2/h2,4,6-7H,3,5H2,1H3;2-4H,1H3;2*1-2H3. The van der Waals surface area contributed by atoms with Crippen molar-refractivity contribution in [3.8, 4) is 0 Å². The molecule has 0 aliphatic heterocycles. The van der Waals surface area contributed by atoms with Gasteiger partial charge in [-0.3, -0.25) is 15.0 Å². The zero-order chi connectivity index (χ0) is 16.8. The highest BCUT2D eigenvalue weighted by molar-refractivity contribution is 5.54. The summed E-state index contributed by atoms with van der Waals surface area (Å²) in [7, 11) is 0. The third kappa shape index (κ3) is 7.67. The van der Waals surface area contributed by atoms with E-state index in [0.29, 0.717) is 0 Å². The molecule has 0 aromatic carbocycles. The second-order valence-electron chi connectivity index (χ2n) is 4.34. The van der Waals surface area contributed by atoms with Gasteiger partial charge in [0, 0.05) is 30.5 Å². The van der Waals surface area contributed by atoms with Crippen LogP contribution in [0.1, 0.15) is 56.6 Å². The van der Waals surface area contributed by atoms with Gasteiger partial charge in [-0.05, 0) is 43.9 Å². The molecular formula is C19H29N3. The molecule has 2 heterocycles. The molecule has 0 fully saturated rings. The first-order chi connectivity index (χ1) is 10.8. The Bertz CT molecular complexity index is 534. The number of aryl methyl sites for hydroxylation is 3. The summed E-state index contributed by atoms with van der Waals surface area (Å²) in [5, 5.41) is 0. The Hall–Kier alpha value is -2.03. The molecule has 0 saturated heterocycles. The molecule has 0 atom stereocenters. The second kappa shape index (κ2) is 12.7. The van der Waals surface area contributed by atoms with Crippen molar-refractivity contribution >= 4 is 6.08 Å². The molecule has 3 heteroatoms. The van der Waals surface area contributed by atoms with Crippen molar-refractivity contribution in [1.29, 1.82) is 0 Å². The molecule has 1 aliphatic carbocycles. The largest absolute Gasteiger partial charge is 0.261 e. The van der Waals surface area contributed by atoms with Crippen molar-refractivity contribution in [2.45, 2.75) is 54.4 Å². The maximum absolute atomic E-state index is 4.37. The molecule has 2 aromatic rings. The van der Waals surface area contributed by atoms with E-state index in [9.17, 15) is 0 Å². The van der Waals surface area contributed by atoms with Crippen molar-refractivity contribution in [3.05, 3.63) is 59.4 Å². The first-order valence-corrected chi connectivity index (χ1v) is 8.10. The molecule has 0 amide bonds. The van der Waals surface area contributed by atoms with Crippen molar-refractivity contribution in [1.82, 2.24) is 15.0 Å². The molecule has 120 valence electrons. The lowest BCUT2D eigenvalue weighted by Gasteiger charge is -2.08. The Labute approximate surface area is 135 Å². The summed E-state index contributed by atoms with van der Waals surface area (Å²) >= 11 is 0. The van der Waals surface area contributed by atoms with Crippen LogP contribution in [0.2, 0.25) is 0 Å². The van der Waals surface area contributed by atoms with E-state index in [1.807, 2.05) is 40.8 Å². The Morgan fingerprint density at radius 1 is 0.909 bits per heavy atom. The zero-order valence-corrected chi connectivity index (χ0v) is 14.8. The second-order valence-corrected chi connectivity index (χ2v) is 4.34. The topological polar surface area (TPSA) is 38.7 Å². The van der Waals surface area contributed by atoms with Crippen molar-refractivity contribution in [2.75, 3.05) is 0 Å². The summed E-state index contributed by atoms with van der Waals surface area (Å²) in [5.74, 6) is 0. The number of aromatic nitrogens is 3. The molecule has 1 aliphatic rings. The summed E-state index contributed by atoms with van der Waals surface area (Å²) in [6.45, 7) is 12.0. The number of rotatable bonds is 0. The van der Waals surface area contributed by atoms with Gasteiger partial charge in [-0.1, -0.05) is 39.8 Å². The first-order valence-electron chi connectivity index (χ1n) is 8.10. The predicted octanol–water partition coefficient (Wildman–Crippen LogP) is 5.19. The molecule has 3 rings (SSSR count). The van der Waals surface area contributed by atoms with Gasteiger partial charge in [0.1, 0.15) is 0 Å². The third-order valence-corrected chi connectivity index (χ3v) is 2.68. The third-order valence-electron chi connectivity index (χ3n) is 2.68. The predicted molar refractivity (Wildman–Crippen MR) is 95.8 cm³/mol. The highest BCUT2D eigenvalue weighted by Crippen LogP contribution is 2.17. The maximum Gasteiger partial charge on any atom is 0.0555 e. The molecule has 0 spiro atoms. The molecular weight excluding hydrogens is 270 g/mol. The van der Waals surface area contributed by atoms with E-state index in [1.54, 1.807) is 18.6 Å². The van der Waals surface area contributed by atoms with Gasteiger partial charge in [-0.15, -0.1) is 0 Å². The lowest BCUT2D eigenvalue weighted by Crippen LogP contribution is -1.97. The summed E-state index contributed by atoms with van der Waals surface area (Å²) in [6.07, 6.45) is 13.6. The molecule has 0 saturated carbocycles. The SMILES string of the molecule is CC.CC.Cc1cnc2c(c1)C=CCC2.Cc1cnccn1. The van der Waals surface area contributed by atoms with E-state index in [-0.39, 0.29) is 0 Å².